The molecule has 3 nitrogen and oxygen atoms in total. The molecule has 0 spiro atoms. The number of nitrogens with zero attached hydrogens (tertiary/aromatic N) is 2. The zero-order chi connectivity index (χ0) is 11.5. The molecular formula is C14H23N3. The van der Waals surface area contributed by atoms with Crippen LogP contribution >= 0.6 is 0 Å². The van der Waals surface area contributed by atoms with Crippen LogP contribution in [0.4, 0.5) is 5.95 Å². The summed E-state index contributed by atoms with van der Waals surface area (Å²) in [6.45, 7) is 0. The minimum Gasteiger partial charge on any atom is -0.353 e. The molecule has 0 bridgehead atoms. The third-order valence-electron chi connectivity index (χ3n) is 4.05. The van der Waals surface area contributed by atoms with Crippen molar-refractivity contribution in [2.24, 2.45) is 0 Å². The third-order valence-corrected chi connectivity index (χ3v) is 4.05. The highest BCUT2D eigenvalue weighted by Gasteiger charge is 2.24. The molecule has 0 radical (unpaired) electrons. The smallest absolute Gasteiger partial charge is 0.203 e. The van der Waals surface area contributed by atoms with E-state index >= 15 is 0 Å². The molecule has 0 amide bonds. The molecule has 0 saturated heterocycles. The number of rotatable bonds is 3. The highest BCUT2D eigenvalue weighted by Crippen LogP contribution is 2.30. The van der Waals surface area contributed by atoms with Crippen molar-refractivity contribution < 1.29 is 0 Å². The molecular weight excluding hydrogens is 210 g/mol. The van der Waals surface area contributed by atoms with Gasteiger partial charge in [0.1, 0.15) is 0 Å². The summed E-state index contributed by atoms with van der Waals surface area (Å²) in [6.07, 6.45) is 16.4. The van der Waals surface area contributed by atoms with Crippen LogP contribution in [0.25, 0.3) is 0 Å². The lowest BCUT2D eigenvalue weighted by atomic mass is 9.96. The lowest BCUT2D eigenvalue weighted by Gasteiger charge is -2.23. The Balaban J connectivity index is 1.69. The lowest BCUT2D eigenvalue weighted by Crippen LogP contribution is -2.15. The van der Waals surface area contributed by atoms with Crippen LogP contribution in [0.5, 0.6) is 0 Å². The van der Waals surface area contributed by atoms with Crippen LogP contribution in [-0.2, 0) is 0 Å². The molecule has 2 fully saturated rings. The topological polar surface area (TPSA) is 29.9 Å². The number of imidazole rings is 1. The van der Waals surface area contributed by atoms with E-state index in [1.54, 1.807) is 0 Å². The fraction of sp³-hybridized carbons (Fsp3) is 0.786. The maximum Gasteiger partial charge on any atom is 0.203 e. The van der Waals surface area contributed by atoms with Crippen LogP contribution in [-0.4, -0.2) is 15.6 Å². The second-order valence-corrected chi connectivity index (χ2v) is 5.58. The highest BCUT2D eigenvalue weighted by atomic mass is 15.2. The molecule has 0 atom stereocenters. The van der Waals surface area contributed by atoms with Crippen molar-refractivity contribution >= 4 is 5.95 Å². The molecule has 1 heterocycles. The minimum absolute atomic E-state index is 0.680. The summed E-state index contributed by atoms with van der Waals surface area (Å²) < 4.78 is 2.39. The van der Waals surface area contributed by atoms with Gasteiger partial charge < -0.3 is 9.88 Å². The monoisotopic (exact) mass is 233 g/mol. The Morgan fingerprint density at radius 3 is 2.41 bits per heavy atom. The largest absolute Gasteiger partial charge is 0.353 e. The molecule has 1 aromatic heterocycles. The molecule has 0 unspecified atom stereocenters. The lowest BCUT2D eigenvalue weighted by molar-refractivity contribution is 0.374. The average molecular weight is 233 g/mol. The fourth-order valence-corrected chi connectivity index (χ4v) is 2.84. The van der Waals surface area contributed by atoms with Gasteiger partial charge in [-0.1, -0.05) is 32.1 Å². The average Bonchev–Trinajstić information content (AvgIpc) is 2.97. The zero-order valence-corrected chi connectivity index (χ0v) is 10.6. The van der Waals surface area contributed by atoms with E-state index in [9.17, 15) is 0 Å². The summed E-state index contributed by atoms with van der Waals surface area (Å²) in [7, 11) is 0. The number of anilines is 1. The molecule has 1 N–H and O–H groups in total. The van der Waals surface area contributed by atoms with Gasteiger partial charge in [0.15, 0.2) is 0 Å². The Morgan fingerprint density at radius 2 is 1.71 bits per heavy atom. The molecule has 0 aliphatic heterocycles. The van der Waals surface area contributed by atoms with Crippen LogP contribution < -0.4 is 5.32 Å². The van der Waals surface area contributed by atoms with Gasteiger partial charge in [-0.3, -0.25) is 0 Å². The summed E-state index contributed by atoms with van der Waals surface area (Å²) in [5.41, 5.74) is 0. The van der Waals surface area contributed by atoms with E-state index in [1.165, 1.54) is 57.8 Å². The second kappa shape index (κ2) is 5.11. The standard InChI is InChI=1S/C14H23N3/c1-2-4-6-13(7-5-3-1)17-11-10-15-14(17)16-12-8-9-12/h10-13H,1-9H2,(H,15,16). The number of hydrogen-bond donors (Lipinski definition) is 1. The van der Waals surface area contributed by atoms with Crippen molar-refractivity contribution in [3.63, 3.8) is 0 Å². The van der Waals surface area contributed by atoms with Crippen molar-refractivity contribution in [3.8, 4) is 0 Å². The molecule has 94 valence electrons. The Kier molecular flexibility index (Phi) is 3.34. The van der Waals surface area contributed by atoms with Crippen LogP contribution in [0.3, 0.4) is 0 Å². The van der Waals surface area contributed by atoms with Gasteiger partial charge >= 0.3 is 0 Å². The Morgan fingerprint density at radius 1 is 1.00 bits per heavy atom. The predicted molar refractivity (Wildman–Crippen MR) is 70.2 cm³/mol. The van der Waals surface area contributed by atoms with Crippen molar-refractivity contribution in [2.45, 2.75) is 69.9 Å². The van der Waals surface area contributed by atoms with E-state index in [0.717, 1.165) is 5.95 Å². The first kappa shape index (κ1) is 11.1. The molecule has 3 heteroatoms. The van der Waals surface area contributed by atoms with Crippen LogP contribution in [0.2, 0.25) is 0 Å². The maximum absolute atomic E-state index is 4.48. The maximum atomic E-state index is 4.48. The summed E-state index contributed by atoms with van der Waals surface area (Å²) in [4.78, 5) is 4.48. The molecule has 2 saturated carbocycles. The summed E-state index contributed by atoms with van der Waals surface area (Å²) >= 11 is 0. The van der Waals surface area contributed by atoms with E-state index in [1.807, 2.05) is 6.20 Å². The number of nitrogens with one attached hydrogen (secondary N) is 1. The number of aromatic nitrogens is 2. The van der Waals surface area contributed by atoms with Gasteiger partial charge in [0, 0.05) is 24.5 Å². The molecule has 1 aromatic rings. The zero-order valence-electron chi connectivity index (χ0n) is 10.6. The number of hydrogen-bond acceptors (Lipinski definition) is 2. The summed E-state index contributed by atoms with van der Waals surface area (Å²) in [5, 5.41) is 3.55. The van der Waals surface area contributed by atoms with Crippen LogP contribution in [0.1, 0.15) is 63.8 Å². The Bertz CT molecular complexity index is 346. The SMILES string of the molecule is c1cn(C2CCCCCCC2)c(NC2CC2)n1. The van der Waals surface area contributed by atoms with E-state index in [0.29, 0.717) is 12.1 Å². The first-order chi connectivity index (χ1) is 8.43. The molecule has 2 aliphatic carbocycles. The van der Waals surface area contributed by atoms with Gasteiger partial charge in [0.25, 0.3) is 0 Å². The van der Waals surface area contributed by atoms with E-state index in [4.69, 9.17) is 0 Å². The Hall–Kier alpha value is -0.990. The van der Waals surface area contributed by atoms with Gasteiger partial charge in [-0.15, -0.1) is 0 Å². The molecule has 17 heavy (non-hydrogen) atoms. The predicted octanol–water partition coefficient (Wildman–Crippen LogP) is 3.74. The van der Waals surface area contributed by atoms with E-state index in [2.05, 4.69) is 21.1 Å². The van der Waals surface area contributed by atoms with Crippen LogP contribution in [0, 0.1) is 0 Å². The highest BCUT2D eigenvalue weighted by molar-refractivity contribution is 5.30. The molecule has 0 aromatic carbocycles. The van der Waals surface area contributed by atoms with Crippen molar-refractivity contribution in [2.75, 3.05) is 5.32 Å². The normalized spacial score (nSPS) is 23.1. The second-order valence-electron chi connectivity index (χ2n) is 5.58. The molecule has 2 aliphatic rings. The first-order valence-electron chi connectivity index (χ1n) is 7.23. The first-order valence-corrected chi connectivity index (χ1v) is 7.23. The van der Waals surface area contributed by atoms with Gasteiger partial charge in [-0.25, -0.2) is 4.98 Å². The quantitative estimate of drug-likeness (QED) is 0.861. The van der Waals surface area contributed by atoms with Gasteiger partial charge in [0.2, 0.25) is 5.95 Å². The van der Waals surface area contributed by atoms with Crippen molar-refractivity contribution in [1.82, 2.24) is 9.55 Å². The Labute approximate surface area is 104 Å². The van der Waals surface area contributed by atoms with Gasteiger partial charge in [-0.2, -0.15) is 0 Å². The molecule has 3 rings (SSSR count). The van der Waals surface area contributed by atoms with E-state index in [-0.39, 0.29) is 0 Å². The fourth-order valence-electron chi connectivity index (χ4n) is 2.84. The van der Waals surface area contributed by atoms with Crippen molar-refractivity contribution in [3.05, 3.63) is 12.4 Å². The third kappa shape index (κ3) is 2.82. The van der Waals surface area contributed by atoms with Crippen LogP contribution in [0.15, 0.2) is 12.4 Å². The van der Waals surface area contributed by atoms with E-state index < -0.39 is 0 Å². The minimum atomic E-state index is 0.680. The summed E-state index contributed by atoms with van der Waals surface area (Å²) in [6, 6.07) is 1.38. The van der Waals surface area contributed by atoms with Crippen molar-refractivity contribution in [1.29, 1.82) is 0 Å². The summed E-state index contributed by atoms with van der Waals surface area (Å²) in [5.74, 6) is 1.11. The van der Waals surface area contributed by atoms with Gasteiger partial charge in [0.05, 0.1) is 0 Å². The van der Waals surface area contributed by atoms with Gasteiger partial charge in [-0.05, 0) is 25.7 Å².